The van der Waals surface area contributed by atoms with Crippen LogP contribution in [0.5, 0.6) is 0 Å². The fourth-order valence-electron chi connectivity index (χ4n) is 9.65. The van der Waals surface area contributed by atoms with E-state index in [-0.39, 0.29) is 0 Å². The Labute approximate surface area is 361 Å². The number of nitrogens with zero attached hydrogens (tertiary/aromatic N) is 3. The van der Waals surface area contributed by atoms with Gasteiger partial charge in [0.15, 0.2) is 5.84 Å². The average Bonchev–Trinajstić information content (AvgIpc) is 3.89. The molecule has 1 aliphatic heterocycles. The summed E-state index contributed by atoms with van der Waals surface area (Å²) in [4.78, 5) is 10.6. The fourth-order valence-corrected chi connectivity index (χ4v) is 10.9. The molecule has 0 bridgehead atoms. The number of hydrogen-bond acceptors (Lipinski definition) is 4. The second-order valence-electron chi connectivity index (χ2n) is 16.2. The molecule has 12 aromatic rings. The molecule has 1 N–H and O–H groups in total. The lowest BCUT2D eigenvalue weighted by Gasteiger charge is -2.25. The number of nitrogens with one attached hydrogen (secondary N) is 1. The molecule has 2 aromatic heterocycles. The lowest BCUT2D eigenvalue weighted by Crippen LogP contribution is -2.33. The Morgan fingerprint density at radius 3 is 2.02 bits per heavy atom. The Morgan fingerprint density at radius 2 is 1.16 bits per heavy atom. The molecule has 0 fully saturated rings. The number of para-hydroxylation sites is 1. The first-order valence-corrected chi connectivity index (χ1v) is 21.9. The number of aliphatic imine (C=N–C) groups is 2. The van der Waals surface area contributed by atoms with Crippen molar-refractivity contribution in [1.29, 1.82) is 0 Å². The van der Waals surface area contributed by atoms with Gasteiger partial charge in [-0.2, -0.15) is 0 Å². The van der Waals surface area contributed by atoms with Gasteiger partial charge in [-0.15, -0.1) is 11.3 Å². The molecule has 0 saturated carbocycles. The van der Waals surface area contributed by atoms with E-state index in [1.807, 2.05) is 17.4 Å². The highest BCUT2D eigenvalue weighted by Gasteiger charge is 2.25. The molecule has 290 valence electrons. The maximum absolute atomic E-state index is 5.42. The Kier molecular flexibility index (Phi) is 7.81. The molecular formula is C57H36N4S. The van der Waals surface area contributed by atoms with Gasteiger partial charge in [0.05, 0.1) is 16.7 Å². The monoisotopic (exact) mass is 808 g/mol. The van der Waals surface area contributed by atoms with Gasteiger partial charge in [-0.3, -0.25) is 0 Å². The van der Waals surface area contributed by atoms with E-state index in [9.17, 15) is 0 Å². The third-order valence-electron chi connectivity index (χ3n) is 12.6. The fraction of sp³-hybridized carbons (Fsp3) is 0.0175. The van der Waals surface area contributed by atoms with Gasteiger partial charge >= 0.3 is 0 Å². The van der Waals surface area contributed by atoms with E-state index in [4.69, 9.17) is 9.98 Å². The quantitative estimate of drug-likeness (QED) is 0.185. The summed E-state index contributed by atoms with van der Waals surface area (Å²) in [6.45, 7) is 0. The predicted molar refractivity (Wildman–Crippen MR) is 263 cm³/mol. The Bertz CT molecular complexity index is 3850. The van der Waals surface area contributed by atoms with Crippen LogP contribution in [0.4, 0.5) is 0 Å². The third kappa shape index (κ3) is 5.52. The molecule has 10 aromatic carbocycles. The summed E-state index contributed by atoms with van der Waals surface area (Å²) in [5.41, 5.74) is 8.86. The van der Waals surface area contributed by atoms with Crippen molar-refractivity contribution in [2.75, 3.05) is 0 Å². The molecule has 1 unspecified atom stereocenters. The van der Waals surface area contributed by atoms with Gasteiger partial charge in [0, 0.05) is 47.6 Å². The zero-order valence-corrected chi connectivity index (χ0v) is 34.3. The van der Waals surface area contributed by atoms with Crippen LogP contribution >= 0.6 is 11.3 Å². The minimum Gasteiger partial charge on any atom is -0.344 e. The molecule has 1 atom stereocenters. The number of benzene rings is 10. The normalized spacial score (nSPS) is 14.3. The zero-order valence-electron chi connectivity index (χ0n) is 33.5. The van der Waals surface area contributed by atoms with Crippen molar-refractivity contribution in [2.45, 2.75) is 6.17 Å². The van der Waals surface area contributed by atoms with Crippen molar-refractivity contribution in [3.63, 3.8) is 0 Å². The van der Waals surface area contributed by atoms with E-state index in [1.165, 1.54) is 74.5 Å². The molecule has 0 saturated heterocycles. The first kappa shape index (κ1) is 34.9. The molecule has 0 radical (unpaired) electrons. The van der Waals surface area contributed by atoms with Gasteiger partial charge in [-0.25, -0.2) is 9.98 Å². The van der Waals surface area contributed by atoms with Crippen LogP contribution in [-0.2, 0) is 0 Å². The predicted octanol–water partition coefficient (Wildman–Crippen LogP) is 14.8. The highest BCUT2D eigenvalue weighted by molar-refractivity contribution is 7.26. The van der Waals surface area contributed by atoms with Gasteiger partial charge < -0.3 is 9.88 Å². The van der Waals surface area contributed by atoms with Crippen molar-refractivity contribution in [3.8, 4) is 16.8 Å². The zero-order chi connectivity index (χ0) is 40.7. The van der Waals surface area contributed by atoms with Crippen LogP contribution in [0.2, 0.25) is 0 Å². The highest BCUT2D eigenvalue weighted by atomic mass is 32.1. The number of aromatic nitrogens is 1. The van der Waals surface area contributed by atoms with Crippen LogP contribution in [0.25, 0.3) is 91.1 Å². The largest absolute Gasteiger partial charge is 0.344 e. The topological polar surface area (TPSA) is 41.7 Å². The van der Waals surface area contributed by atoms with Gasteiger partial charge in [-0.1, -0.05) is 164 Å². The van der Waals surface area contributed by atoms with E-state index >= 15 is 0 Å². The average molecular weight is 809 g/mol. The van der Waals surface area contributed by atoms with Crippen molar-refractivity contribution in [1.82, 2.24) is 9.88 Å². The van der Waals surface area contributed by atoms with E-state index in [2.05, 4.69) is 210 Å². The van der Waals surface area contributed by atoms with Gasteiger partial charge in [-0.05, 0) is 85.9 Å². The summed E-state index contributed by atoms with van der Waals surface area (Å²) in [6, 6.07) is 74.7. The Morgan fingerprint density at radius 1 is 0.452 bits per heavy atom. The van der Waals surface area contributed by atoms with Crippen LogP contribution < -0.4 is 5.32 Å². The molecule has 3 heterocycles. The van der Waals surface area contributed by atoms with E-state index in [0.29, 0.717) is 5.84 Å². The minimum absolute atomic E-state index is 0.401. The SMILES string of the molecule is c1ccc(C2=NC(c3ccc4ccccc4c3)=NC(c3ccc(-n4c5ccccc5c5cc6ccccc6cc54)c(-c4cccc5sc6c7ccccc7ccc6c45)c3)N2)cc1. The van der Waals surface area contributed by atoms with Crippen molar-refractivity contribution in [2.24, 2.45) is 9.98 Å². The molecule has 1 aliphatic rings. The maximum atomic E-state index is 5.42. The van der Waals surface area contributed by atoms with Gasteiger partial charge in [0.2, 0.25) is 0 Å². The maximum Gasteiger partial charge on any atom is 0.159 e. The van der Waals surface area contributed by atoms with E-state index in [0.717, 1.165) is 39.2 Å². The second-order valence-corrected chi connectivity index (χ2v) is 17.2. The number of fused-ring (bicyclic) bond motifs is 10. The summed E-state index contributed by atoms with van der Waals surface area (Å²) in [5.74, 6) is 1.50. The first-order chi connectivity index (χ1) is 30.7. The lowest BCUT2D eigenvalue weighted by atomic mass is 9.94. The smallest absolute Gasteiger partial charge is 0.159 e. The van der Waals surface area contributed by atoms with Crippen LogP contribution in [0, 0.1) is 0 Å². The van der Waals surface area contributed by atoms with Crippen LogP contribution in [0.1, 0.15) is 22.9 Å². The Hall–Kier alpha value is -7.86. The third-order valence-corrected chi connectivity index (χ3v) is 13.8. The molecule has 5 heteroatoms. The summed E-state index contributed by atoms with van der Waals surface area (Å²) in [7, 11) is 0. The van der Waals surface area contributed by atoms with Crippen LogP contribution in [-0.4, -0.2) is 16.2 Å². The van der Waals surface area contributed by atoms with Crippen molar-refractivity contribution in [3.05, 3.63) is 223 Å². The standard InChI is InChI=1S/C57H36N4S/c1-2-15-37(16-3-1)55-58-56(41-26-25-35-13-4-5-17-38(35)31-41)60-57(59-55)42-28-30-50(61-49-23-11-10-21-44(49)47-32-39-18-6-7-19-40(39)34-51(47)61)48(33-42)45-22-12-24-52-53(45)46-29-27-36-14-8-9-20-43(36)54(46)62-52/h1-34,57H,(H,58,59,60). The van der Waals surface area contributed by atoms with E-state index in [1.54, 1.807) is 0 Å². The molecule has 13 rings (SSSR count). The summed E-state index contributed by atoms with van der Waals surface area (Å²) in [5, 5.41) is 16.1. The highest BCUT2D eigenvalue weighted by Crippen LogP contribution is 2.46. The molecule has 0 aliphatic carbocycles. The molecule has 4 nitrogen and oxygen atoms in total. The van der Waals surface area contributed by atoms with Gasteiger partial charge in [0.25, 0.3) is 0 Å². The molecule has 0 spiro atoms. The van der Waals surface area contributed by atoms with Crippen LogP contribution in [0.15, 0.2) is 216 Å². The van der Waals surface area contributed by atoms with Gasteiger partial charge in [0.1, 0.15) is 12.0 Å². The summed E-state index contributed by atoms with van der Waals surface area (Å²) in [6.07, 6.45) is -0.401. The van der Waals surface area contributed by atoms with E-state index < -0.39 is 6.17 Å². The molecule has 62 heavy (non-hydrogen) atoms. The number of amidine groups is 2. The number of hydrogen-bond donors (Lipinski definition) is 1. The minimum atomic E-state index is -0.401. The summed E-state index contributed by atoms with van der Waals surface area (Å²) >= 11 is 1.88. The molecule has 0 amide bonds. The Balaban J connectivity index is 1.08. The number of rotatable bonds is 5. The lowest BCUT2D eigenvalue weighted by molar-refractivity contribution is 0.674. The number of thiophene rings is 1. The first-order valence-electron chi connectivity index (χ1n) is 21.1. The second kappa shape index (κ2) is 13.8. The van der Waals surface area contributed by atoms with Crippen LogP contribution in [0.3, 0.4) is 0 Å². The van der Waals surface area contributed by atoms with Crippen molar-refractivity contribution >= 4 is 97.3 Å². The molecular weight excluding hydrogens is 773 g/mol. The summed E-state index contributed by atoms with van der Waals surface area (Å²) < 4.78 is 5.06. The van der Waals surface area contributed by atoms with Crippen molar-refractivity contribution < 1.29 is 0 Å².